The van der Waals surface area contributed by atoms with Crippen LogP contribution in [-0.4, -0.2) is 36.3 Å². The predicted octanol–water partition coefficient (Wildman–Crippen LogP) is 2.11. The number of aromatic nitrogens is 1. The average Bonchev–Trinajstić information content (AvgIpc) is 2.45. The maximum atomic E-state index is 9.15. The van der Waals surface area contributed by atoms with Crippen molar-refractivity contribution in [3.63, 3.8) is 0 Å². The second kappa shape index (κ2) is 6.59. The molecule has 0 atom stereocenters. The normalized spacial score (nSPS) is 16.9. The van der Waals surface area contributed by atoms with Gasteiger partial charge < -0.3 is 15.3 Å². The Morgan fingerprint density at radius 3 is 2.89 bits per heavy atom. The van der Waals surface area contributed by atoms with Crippen molar-refractivity contribution in [2.45, 2.75) is 26.2 Å². The molecule has 1 aliphatic rings. The number of hydrogen-bond donors (Lipinski definition) is 2. The number of anilines is 2. The van der Waals surface area contributed by atoms with E-state index in [1.165, 1.54) is 5.69 Å². The Kier molecular flexibility index (Phi) is 4.81. The molecule has 2 heterocycles. The van der Waals surface area contributed by atoms with Gasteiger partial charge in [0, 0.05) is 44.2 Å². The minimum Gasteiger partial charge on any atom is -0.396 e. The van der Waals surface area contributed by atoms with E-state index < -0.39 is 0 Å². The van der Waals surface area contributed by atoms with Crippen LogP contribution in [0.3, 0.4) is 0 Å². The van der Waals surface area contributed by atoms with Crippen LogP contribution in [0.2, 0.25) is 0 Å². The summed E-state index contributed by atoms with van der Waals surface area (Å²) in [6, 6.07) is 4.19. The highest BCUT2D eigenvalue weighted by atomic mass is 16.3. The lowest BCUT2D eigenvalue weighted by atomic mass is 9.97. The van der Waals surface area contributed by atoms with Crippen LogP contribution in [0.15, 0.2) is 18.3 Å². The van der Waals surface area contributed by atoms with E-state index in [0.29, 0.717) is 12.5 Å². The van der Waals surface area contributed by atoms with Crippen LogP contribution in [0.5, 0.6) is 0 Å². The van der Waals surface area contributed by atoms with Crippen LogP contribution in [0.25, 0.3) is 0 Å². The van der Waals surface area contributed by atoms with Gasteiger partial charge in [-0.3, -0.25) is 0 Å². The van der Waals surface area contributed by atoms with Crippen LogP contribution >= 0.6 is 0 Å². The zero-order valence-corrected chi connectivity index (χ0v) is 11.1. The Labute approximate surface area is 109 Å². The Balaban J connectivity index is 1.96. The first-order valence-electron chi connectivity index (χ1n) is 6.89. The lowest BCUT2D eigenvalue weighted by molar-refractivity contribution is 0.203. The van der Waals surface area contributed by atoms with Gasteiger partial charge in [0.1, 0.15) is 5.82 Å². The summed E-state index contributed by atoms with van der Waals surface area (Å²) in [5, 5.41) is 12.5. The number of rotatable bonds is 5. The monoisotopic (exact) mass is 249 g/mol. The summed E-state index contributed by atoms with van der Waals surface area (Å²) in [5.41, 5.74) is 1.24. The summed E-state index contributed by atoms with van der Waals surface area (Å²) in [6.07, 6.45) is 5.13. The third-order valence-electron chi connectivity index (χ3n) is 3.54. The van der Waals surface area contributed by atoms with E-state index in [9.17, 15) is 0 Å². The fourth-order valence-corrected chi connectivity index (χ4v) is 2.34. The van der Waals surface area contributed by atoms with Gasteiger partial charge in [0.05, 0.1) is 0 Å². The van der Waals surface area contributed by atoms with Crippen molar-refractivity contribution >= 4 is 11.5 Å². The quantitative estimate of drug-likeness (QED) is 0.839. The van der Waals surface area contributed by atoms with Gasteiger partial charge in [0.2, 0.25) is 0 Å². The Hall–Kier alpha value is -1.29. The van der Waals surface area contributed by atoms with E-state index >= 15 is 0 Å². The van der Waals surface area contributed by atoms with Gasteiger partial charge in [-0.15, -0.1) is 0 Å². The van der Waals surface area contributed by atoms with Crippen molar-refractivity contribution in [2.75, 3.05) is 36.5 Å². The molecule has 100 valence electrons. The standard InChI is InChI=1S/C14H23N3O/c1-2-6-15-14-10-13(3-7-16-14)17-8-4-12(11-18)5-9-17/h3,7,10,12,18H,2,4-6,8-9,11H2,1H3,(H,15,16). The van der Waals surface area contributed by atoms with Crippen LogP contribution in [0, 0.1) is 5.92 Å². The zero-order chi connectivity index (χ0) is 12.8. The van der Waals surface area contributed by atoms with Crippen LogP contribution in [-0.2, 0) is 0 Å². The van der Waals surface area contributed by atoms with Gasteiger partial charge in [-0.1, -0.05) is 6.92 Å². The van der Waals surface area contributed by atoms with Crippen LogP contribution in [0.4, 0.5) is 11.5 Å². The molecule has 0 amide bonds. The van der Waals surface area contributed by atoms with Gasteiger partial charge in [-0.25, -0.2) is 4.98 Å². The second-order valence-corrected chi connectivity index (χ2v) is 4.94. The van der Waals surface area contributed by atoms with Gasteiger partial charge >= 0.3 is 0 Å². The largest absolute Gasteiger partial charge is 0.396 e. The highest BCUT2D eigenvalue weighted by Gasteiger charge is 2.18. The van der Waals surface area contributed by atoms with Crippen LogP contribution in [0.1, 0.15) is 26.2 Å². The number of nitrogens with one attached hydrogen (secondary N) is 1. The number of piperidine rings is 1. The SMILES string of the molecule is CCCNc1cc(N2CCC(CO)CC2)ccn1. The van der Waals surface area contributed by atoms with Gasteiger partial charge in [0.25, 0.3) is 0 Å². The first-order chi connectivity index (χ1) is 8.83. The molecule has 1 saturated heterocycles. The summed E-state index contributed by atoms with van der Waals surface area (Å²) in [7, 11) is 0. The lowest BCUT2D eigenvalue weighted by Gasteiger charge is -2.32. The number of aliphatic hydroxyl groups is 1. The van der Waals surface area contributed by atoms with Gasteiger partial charge in [-0.2, -0.15) is 0 Å². The van der Waals surface area contributed by atoms with Gasteiger partial charge in [-0.05, 0) is 31.2 Å². The molecule has 1 aromatic heterocycles. The smallest absolute Gasteiger partial charge is 0.127 e. The van der Waals surface area contributed by atoms with Crippen molar-refractivity contribution in [3.8, 4) is 0 Å². The maximum Gasteiger partial charge on any atom is 0.127 e. The Bertz CT molecular complexity index is 362. The summed E-state index contributed by atoms with van der Waals surface area (Å²) >= 11 is 0. The molecule has 0 aromatic carbocycles. The summed E-state index contributed by atoms with van der Waals surface area (Å²) in [5.74, 6) is 1.44. The van der Waals surface area contributed by atoms with Crippen molar-refractivity contribution in [1.82, 2.24) is 4.98 Å². The van der Waals surface area contributed by atoms with E-state index in [1.54, 1.807) is 0 Å². The van der Waals surface area contributed by atoms with Crippen molar-refractivity contribution in [1.29, 1.82) is 0 Å². The fourth-order valence-electron chi connectivity index (χ4n) is 2.34. The van der Waals surface area contributed by atoms with E-state index in [-0.39, 0.29) is 0 Å². The summed E-state index contributed by atoms with van der Waals surface area (Å²) in [6.45, 7) is 5.50. The van der Waals surface area contributed by atoms with Crippen LogP contribution < -0.4 is 10.2 Å². The number of aliphatic hydroxyl groups excluding tert-OH is 1. The minimum absolute atomic E-state index is 0.327. The molecule has 2 N–H and O–H groups in total. The zero-order valence-electron chi connectivity index (χ0n) is 11.1. The average molecular weight is 249 g/mol. The Morgan fingerprint density at radius 2 is 2.22 bits per heavy atom. The molecular weight excluding hydrogens is 226 g/mol. The summed E-state index contributed by atoms with van der Waals surface area (Å²) in [4.78, 5) is 6.71. The molecule has 18 heavy (non-hydrogen) atoms. The second-order valence-electron chi connectivity index (χ2n) is 4.94. The molecule has 4 nitrogen and oxygen atoms in total. The minimum atomic E-state index is 0.327. The molecule has 0 saturated carbocycles. The van der Waals surface area contributed by atoms with E-state index in [1.807, 2.05) is 6.20 Å². The van der Waals surface area contributed by atoms with Crippen molar-refractivity contribution in [2.24, 2.45) is 5.92 Å². The highest BCUT2D eigenvalue weighted by Crippen LogP contribution is 2.24. The van der Waals surface area contributed by atoms with E-state index in [0.717, 1.165) is 44.7 Å². The Morgan fingerprint density at radius 1 is 1.44 bits per heavy atom. The van der Waals surface area contributed by atoms with Crippen molar-refractivity contribution < 1.29 is 5.11 Å². The highest BCUT2D eigenvalue weighted by molar-refractivity contribution is 5.54. The molecule has 1 fully saturated rings. The third-order valence-corrected chi connectivity index (χ3v) is 3.54. The molecule has 0 unspecified atom stereocenters. The first kappa shape index (κ1) is 13.1. The number of pyridine rings is 1. The van der Waals surface area contributed by atoms with Crippen molar-refractivity contribution in [3.05, 3.63) is 18.3 Å². The molecule has 1 aliphatic heterocycles. The molecule has 2 rings (SSSR count). The number of hydrogen-bond acceptors (Lipinski definition) is 4. The molecule has 4 heteroatoms. The third kappa shape index (κ3) is 3.35. The molecule has 0 radical (unpaired) electrons. The van der Waals surface area contributed by atoms with Gasteiger partial charge in [0.15, 0.2) is 0 Å². The number of nitrogens with zero attached hydrogens (tertiary/aromatic N) is 2. The summed E-state index contributed by atoms with van der Waals surface area (Å²) < 4.78 is 0. The molecule has 0 aliphatic carbocycles. The topological polar surface area (TPSA) is 48.4 Å². The molecular formula is C14H23N3O. The van der Waals surface area contributed by atoms with E-state index in [4.69, 9.17) is 5.11 Å². The molecule has 0 bridgehead atoms. The predicted molar refractivity (Wildman–Crippen MR) is 75.0 cm³/mol. The maximum absolute atomic E-state index is 9.15. The first-order valence-corrected chi connectivity index (χ1v) is 6.89. The van der Waals surface area contributed by atoms with E-state index in [2.05, 4.69) is 34.3 Å². The molecule has 0 spiro atoms. The fraction of sp³-hybridized carbons (Fsp3) is 0.643. The molecule has 1 aromatic rings. The lowest BCUT2D eigenvalue weighted by Crippen LogP contribution is -2.34.